The van der Waals surface area contributed by atoms with Gasteiger partial charge in [-0.05, 0) is 61.5 Å². The summed E-state index contributed by atoms with van der Waals surface area (Å²) >= 11 is 1.47. The second-order valence-corrected chi connectivity index (χ2v) is 9.87. The summed E-state index contributed by atoms with van der Waals surface area (Å²) in [5.41, 5.74) is 7.88. The van der Waals surface area contributed by atoms with Crippen LogP contribution in [0.2, 0.25) is 0 Å². The number of hydrogen-bond donors (Lipinski definition) is 1. The maximum Gasteiger partial charge on any atom is 0.263 e. The number of nitrogens with zero attached hydrogens (tertiary/aromatic N) is 5. The molecule has 2 aromatic carbocycles. The van der Waals surface area contributed by atoms with Gasteiger partial charge in [0.05, 0.1) is 16.9 Å². The minimum atomic E-state index is -0.246. The van der Waals surface area contributed by atoms with Crippen LogP contribution in [0.3, 0.4) is 0 Å². The lowest BCUT2D eigenvalue weighted by molar-refractivity contribution is 0.774. The van der Waals surface area contributed by atoms with Gasteiger partial charge in [-0.2, -0.15) is 0 Å². The highest BCUT2D eigenvalue weighted by molar-refractivity contribution is 7.16. The van der Waals surface area contributed by atoms with Crippen molar-refractivity contribution in [3.05, 3.63) is 106 Å². The zero-order valence-electron chi connectivity index (χ0n) is 20.6. The molecule has 0 fully saturated rings. The number of thiazole rings is 1. The van der Waals surface area contributed by atoms with Crippen molar-refractivity contribution >= 4 is 38.3 Å². The molecule has 182 valence electrons. The smallest absolute Gasteiger partial charge is 0.263 e. The number of pyridine rings is 2. The Balaban J connectivity index is 1.57. The van der Waals surface area contributed by atoms with Crippen LogP contribution in [-0.2, 0) is 0 Å². The first-order valence-electron chi connectivity index (χ1n) is 12.0. The number of aromatic nitrogens is 5. The van der Waals surface area contributed by atoms with Crippen molar-refractivity contribution in [1.82, 2.24) is 24.5 Å². The minimum Gasteiger partial charge on any atom is -0.360 e. The monoisotopic (exact) mass is 504 g/mol. The molecule has 6 rings (SSSR count). The molecule has 0 aliphatic heterocycles. The number of para-hydroxylation sites is 1. The van der Waals surface area contributed by atoms with Gasteiger partial charge in [0.15, 0.2) is 5.82 Å². The quantitative estimate of drug-likeness (QED) is 0.299. The maximum atomic E-state index is 14.3. The molecule has 8 heteroatoms. The molecule has 0 spiro atoms. The Kier molecular flexibility index (Phi) is 5.73. The van der Waals surface area contributed by atoms with E-state index in [0.29, 0.717) is 11.2 Å². The number of anilines is 1. The highest BCUT2D eigenvalue weighted by atomic mass is 32.1. The zero-order chi connectivity index (χ0) is 25.5. The molecule has 1 atom stereocenters. The first-order valence-corrected chi connectivity index (χ1v) is 12.9. The molecule has 1 N–H and O–H groups in total. The lowest BCUT2D eigenvalue weighted by atomic mass is 9.97. The summed E-state index contributed by atoms with van der Waals surface area (Å²) in [6.07, 6.45) is 3.37. The fraction of sp³-hybridized carbons (Fsp3) is 0.138. The van der Waals surface area contributed by atoms with Crippen molar-refractivity contribution in [2.24, 2.45) is 0 Å². The number of nitrogens with one attached hydrogen (secondary N) is 1. The molecule has 0 aliphatic carbocycles. The molecule has 4 aromatic heterocycles. The third-order valence-corrected chi connectivity index (χ3v) is 7.41. The summed E-state index contributed by atoms with van der Waals surface area (Å²) < 4.78 is 1.79. The van der Waals surface area contributed by atoms with Gasteiger partial charge in [-0.1, -0.05) is 36.4 Å². The Bertz CT molecular complexity index is 1830. The average molecular weight is 505 g/mol. The highest BCUT2D eigenvalue weighted by Crippen LogP contribution is 2.31. The van der Waals surface area contributed by atoms with Gasteiger partial charge >= 0.3 is 0 Å². The van der Waals surface area contributed by atoms with E-state index in [-0.39, 0.29) is 11.6 Å². The molecule has 4 heterocycles. The van der Waals surface area contributed by atoms with Crippen molar-refractivity contribution in [3.63, 3.8) is 0 Å². The number of aryl methyl sites for hydroxylation is 2. The van der Waals surface area contributed by atoms with Gasteiger partial charge in [0.1, 0.15) is 16.7 Å². The molecule has 0 amide bonds. The van der Waals surface area contributed by atoms with Crippen LogP contribution in [0.5, 0.6) is 0 Å². The lowest BCUT2D eigenvalue weighted by Crippen LogP contribution is -2.26. The van der Waals surface area contributed by atoms with Gasteiger partial charge in [0.25, 0.3) is 5.56 Å². The van der Waals surface area contributed by atoms with Crippen molar-refractivity contribution in [2.75, 3.05) is 5.32 Å². The van der Waals surface area contributed by atoms with E-state index in [0.717, 1.165) is 49.5 Å². The Labute approximate surface area is 217 Å². The van der Waals surface area contributed by atoms with E-state index in [9.17, 15) is 4.79 Å². The normalized spacial score (nSPS) is 12.2. The van der Waals surface area contributed by atoms with Gasteiger partial charge in [-0.15, -0.1) is 11.3 Å². The second kappa shape index (κ2) is 9.22. The van der Waals surface area contributed by atoms with Gasteiger partial charge in [0, 0.05) is 28.8 Å². The zero-order valence-corrected chi connectivity index (χ0v) is 21.5. The van der Waals surface area contributed by atoms with Crippen LogP contribution in [0, 0.1) is 13.8 Å². The minimum absolute atomic E-state index is 0.0809. The molecule has 7 nitrogen and oxygen atoms in total. The summed E-state index contributed by atoms with van der Waals surface area (Å²) in [4.78, 5) is 32.8. The van der Waals surface area contributed by atoms with Crippen LogP contribution in [0.25, 0.3) is 37.9 Å². The molecular weight excluding hydrogens is 480 g/mol. The van der Waals surface area contributed by atoms with Gasteiger partial charge < -0.3 is 5.32 Å². The standard InChI is InChI=1S/C29H24N6OS/c1-17-12-21(14-30-18(17)2)23-11-7-8-20-13-24(35(29(36)25(20)23)22-9-5-4-6-10-22)19(3)34-27-26-28(32-15-31-27)37-16-33-26/h4-16,19H,1-3H3,(H,31,32,34)/t19-/m0/s1. The summed E-state index contributed by atoms with van der Waals surface area (Å²) in [6.45, 7) is 6.05. The Morgan fingerprint density at radius 2 is 1.78 bits per heavy atom. The fourth-order valence-corrected chi connectivity index (χ4v) is 5.28. The first-order chi connectivity index (χ1) is 18.0. The van der Waals surface area contributed by atoms with E-state index in [1.54, 1.807) is 10.1 Å². The highest BCUT2D eigenvalue weighted by Gasteiger charge is 2.20. The molecule has 6 aromatic rings. The molecule has 0 aliphatic rings. The molecule has 0 radical (unpaired) electrons. The third kappa shape index (κ3) is 4.05. The van der Waals surface area contributed by atoms with Crippen LogP contribution in [0.15, 0.2) is 83.5 Å². The van der Waals surface area contributed by atoms with E-state index in [1.807, 2.05) is 75.5 Å². The first kappa shape index (κ1) is 23.0. The van der Waals surface area contributed by atoms with E-state index >= 15 is 0 Å². The Morgan fingerprint density at radius 3 is 2.59 bits per heavy atom. The molecule has 0 bridgehead atoms. The van der Waals surface area contributed by atoms with Crippen molar-refractivity contribution < 1.29 is 0 Å². The largest absolute Gasteiger partial charge is 0.360 e. The number of rotatable bonds is 5. The van der Waals surface area contributed by atoms with E-state index in [1.165, 1.54) is 17.7 Å². The summed E-state index contributed by atoms with van der Waals surface area (Å²) in [6, 6.07) is 19.6. The average Bonchev–Trinajstić information content (AvgIpc) is 3.40. The number of benzene rings is 2. The maximum absolute atomic E-state index is 14.3. The predicted octanol–water partition coefficient (Wildman–Crippen LogP) is 6.24. The fourth-order valence-electron chi connectivity index (χ4n) is 4.65. The second-order valence-electron chi connectivity index (χ2n) is 9.04. The molecule has 37 heavy (non-hydrogen) atoms. The Morgan fingerprint density at radius 1 is 0.946 bits per heavy atom. The lowest BCUT2D eigenvalue weighted by Gasteiger charge is -2.22. The Hall–Kier alpha value is -4.43. The van der Waals surface area contributed by atoms with Gasteiger partial charge in [0.2, 0.25) is 0 Å². The summed E-state index contributed by atoms with van der Waals surface area (Å²) in [5.74, 6) is 0.640. The summed E-state index contributed by atoms with van der Waals surface area (Å²) in [5, 5.41) is 5.01. The SMILES string of the molecule is Cc1cc(-c2cccc3cc([C@H](C)Nc4ncnc5scnc45)n(-c4ccccc4)c(=O)c23)cnc1C. The van der Waals surface area contributed by atoms with Crippen LogP contribution >= 0.6 is 11.3 Å². The van der Waals surface area contributed by atoms with Crippen LogP contribution in [-0.4, -0.2) is 24.5 Å². The van der Waals surface area contributed by atoms with Crippen LogP contribution in [0.1, 0.15) is 29.9 Å². The van der Waals surface area contributed by atoms with Crippen molar-refractivity contribution in [2.45, 2.75) is 26.8 Å². The molecular formula is C29H24N6OS. The van der Waals surface area contributed by atoms with E-state index in [2.05, 4.69) is 37.4 Å². The van der Waals surface area contributed by atoms with E-state index in [4.69, 9.17) is 0 Å². The van der Waals surface area contributed by atoms with Crippen molar-refractivity contribution in [1.29, 1.82) is 0 Å². The van der Waals surface area contributed by atoms with E-state index < -0.39 is 0 Å². The van der Waals surface area contributed by atoms with Crippen LogP contribution in [0.4, 0.5) is 5.82 Å². The molecule has 0 saturated carbocycles. The third-order valence-electron chi connectivity index (χ3n) is 6.67. The summed E-state index contributed by atoms with van der Waals surface area (Å²) in [7, 11) is 0. The van der Waals surface area contributed by atoms with Gasteiger partial charge in [-0.25, -0.2) is 15.0 Å². The van der Waals surface area contributed by atoms with Gasteiger partial charge in [-0.3, -0.25) is 14.3 Å². The molecule has 0 saturated heterocycles. The van der Waals surface area contributed by atoms with Crippen molar-refractivity contribution in [3.8, 4) is 16.8 Å². The number of hydrogen-bond acceptors (Lipinski definition) is 7. The van der Waals surface area contributed by atoms with Crippen LogP contribution < -0.4 is 10.9 Å². The topological polar surface area (TPSA) is 85.6 Å². The number of fused-ring (bicyclic) bond motifs is 2. The molecule has 0 unspecified atom stereocenters. The predicted molar refractivity (Wildman–Crippen MR) is 149 cm³/mol.